The average Bonchev–Trinajstić information content (AvgIpc) is 1.64. The Labute approximate surface area is 48.4 Å². The first-order chi connectivity index (χ1) is 3.55. The normalized spacial score (nSPS) is 12.9. The van der Waals surface area contributed by atoms with Crippen molar-refractivity contribution in [3.05, 3.63) is 0 Å². The number of rotatable bonds is 2. The minimum Gasteiger partial charge on any atom is -0.317 e. The van der Waals surface area contributed by atoms with Crippen molar-refractivity contribution in [2.75, 3.05) is 0 Å². The van der Waals surface area contributed by atoms with Crippen molar-refractivity contribution in [3.63, 3.8) is 0 Å². The molecule has 0 aromatic rings. The lowest BCUT2D eigenvalue weighted by atomic mass is 10.1. The van der Waals surface area contributed by atoms with Crippen LogP contribution in [0.4, 0.5) is 0 Å². The SMILES string of the molecule is CC(=N)C(N)C(C)=O. The van der Waals surface area contributed by atoms with Crippen LogP contribution in [0, 0.1) is 5.41 Å². The van der Waals surface area contributed by atoms with Gasteiger partial charge in [0.1, 0.15) is 6.04 Å². The van der Waals surface area contributed by atoms with Gasteiger partial charge in [-0.25, -0.2) is 0 Å². The highest BCUT2D eigenvalue weighted by atomic mass is 16.1. The van der Waals surface area contributed by atoms with Gasteiger partial charge in [0.25, 0.3) is 0 Å². The highest BCUT2D eigenvalue weighted by Crippen LogP contribution is 1.81. The van der Waals surface area contributed by atoms with E-state index in [2.05, 4.69) is 0 Å². The lowest BCUT2D eigenvalue weighted by Gasteiger charge is -2.01. The predicted octanol–water partition coefficient (Wildman–Crippen LogP) is -0.0576. The summed E-state index contributed by atoms with van der Waals surface area (Å²) in [7, 11) is 0. The van der Waals surface area contributed by atoms with Crippen LogP contribution in [0.5, 0.6) is 0 Å². The van der Waals surface area contributed by atoms with Crippen LogP contribution >= 0.6 is 0 Å². The maximum atomic E-state index is 10.3. The third kappa shape index (κ3) is 1.84. The summed E-state index contributed by atoms with van der Waals surface area (Å²) < 4.78 is 0. The number of nitrogens with two attached hydrogens (primary N) is 1. The second kappa shape index (κ2) is 2.57. The summed E-state index contributed by atoms with van der Waals surface area (Å²) in [5, 5.41) is 6.88. The van der Waals surface area contributed by atoms with E-state index in [1.54, 1.807) is 0 Å². The molecule has 1 atom stereocenters. The van der Waals surface area contributed by atoms with E-state index < -0.39 is 6.04 Å². The number of nitrogens with one attached hydrogen (secondary N) is 1. The van der Waals surface area contributed by atoms with E-state index in [4.69, 9.17) is 11.1 Å². The smallest absolute Gasteiger partial charge is 0.152 e. The number of hydrogen-bond donors (Lipinski definition) is 2. The molecule has 3 N–H and O–H groups in total. The summed E-state index contributed by atoms with van der Waals surface area (Å²) >= 11 is 0. The lowest BCUT2D eigenvalue weighted by Crippen LogP contribution is -2.34. The summed E-state index contributed by atoms with van der Waals surface area (Å²) in [6.45, 7) is 2.90. The maximum Gasteiger partial charge on any atom is 0.152 e. The van der Waals surface area contributed by atoms with Gasteiger partial charge in [0.15, 0.2) is 5.78 Å². The Kier molecular flexibility index (Phi) is 2.34. The van der Waals surface area contributed by atoms with E-state index in [9.17, 15) is 4.79 Å². The first kappa shape index (κ1) is 7.30. The van der Waals surface area contributed by atoms with Crippen LogP contribution in [0.2, 0.25) is 0 Å². The Balaban J connectivity index is 3.83. The Morgan fingerprint density at radius 3 is 2.00 bits per heavy atom. The number of Topliss-reactive ketones (excluding diaryl/α,β-unsaturated/α-hetero) is 1. The van der Waals surface area contributed by atoms with Gasteiger partial charge in [-0.15, -0.1) is 0 Å². The van der Waals surface area contributed by atoms with Gasteiger partial charge in [0, 0.05) is 5.71 Å². The minimum atomic E-state index is -0.685. The molecule has 0 saturated heterocycles. The molecule has 0 aromatic heterocycles. The summed E-state index contributed by atoms with van der Waals surface area (Å²) in [4.78, 5) is 10.3. The molecule has 0 bridgehead atoms. The van der Waals surface area contributed by atoms with Crippen LogP contribution < -0.4 is 5.73 Å². The zero-order valence-electron chi connectivity index (χ0n) is 5.06. The van der Waals surface area contributed by atoms with E-state index in [0.29, 0.717) is 0 Å². The predicted molar refractivity (Wildman–Crippen MR) is 32.1 cm³/mol. The molecule has 0 aliphatic rings. The summed E-state index contributed by atoms with van der Waals surface area (Å²) in [5.74, 6) is -0.155. The largest absolute Gasteiger partial charge is 0.317 e. The molecule has 8 heavy (non-hydrogen) atoms. The molecule has 0 radical (unpaired) electrons. The van der Waals surface area contributed by atoms with Crippen LogP contribution in [0.25, 0.3) is 0 Å². The molecule has 46 valence electrons. The fraction of sp³-hybridized carbons (Fsp3) is 0.600. The molecule has 0 amide bonds. The average molecular weight is 114 g/mol. The van der Waals surface area contributed by atoms with Crippen molar-refractivity contribution >= 4 is 11.5 Å². The van der Waals surface area contributed by atoms with E-state index in [0.717, 1.165) is 0 Å². The third-order valence-corrected chi connectivity index (χ3v) is 0.904. The molecule has 0 heterocycles. The molecule has 1 unspecified atom stereocenters. The molecule has 0 saturated carbocycles. The quantitative estimate of drug-likeness (QED) is 0.494. The Morgan fingerprint density at radius 2 is 2.00 bits per heavy atom. The minimum absolute atomic E-state index is 0.155. The first-order valence-corrected chi connectivity index (χ1v) is 2.36. The van der Waals surface area contributed by atoms with Gasteiger partial charge >= 0.3 is 0 Å². The highest BCUT2D eigenvalue weighted by Gasteiger charge is 2.08. The first-order valence-electron chi connectivity index (χ1n) is 2.36. The Morgan fingerprint density at radius 1 is 1.62 bits per heavy atom. The van der Waals surface area contributed by atoms with Crippen molar-refractivity contribution in [2.45, 2.75) is 19.9 Å². The molecular formula is C5H10N2O. The molecule has 3 heteroatoms. The maximum absolute atomic E-state index is 10.3. The van der Waals surface area contributed by atoms with E-state index in [-0.39, 0.29) is 11.5 Å². The van der Waals surface area contributed by atoms with Gasteiger partial charge in [-0.3, -0.25) is 4.79 Å². The van der Waals surface area contributed by atoms with Gasteiger partial charge in [-0.1, -0.05) is 0 Å². The Bertz CT molecular complexity index is 106. The van der Waals surface area contributed by atoms with Gasteiger partial charge in [-0.05, 0) is 13.8 Å². The fourth-order valence-electron chi connectivity index (χ4n) is 0.305. The number of carbonyl (C=O) groups excluding carboxylic acids is 1. The Hall–Kier alpha value is -0.700. The molecule has 0 aliphatic carbocycles. The van der Waals surface area contributed by atoms with Crippen molar-refractivity contribution in [3.8, 4) is 0 Å². The molecule has 0 rings (SSSR count). The molecule has 0 fully saturated rings. The molecular weight excluding hydrogens is 104 g/mol. The standard InChI is InChI=1S/C5H10N2O/c1-3(6)5(7)4(2)8/h5-6H,7H2,1-2H3. The van der Waals surface area contributed by atoms with Gasteiger partial charge in [0.2, 0.25) is 0 Å². The second-order valence-corrected chi connectivity index (χ2v) is 1.77. The van der Waals surface area contributed by atoms with Crippen LogP contribution in [0.3, 0.4) is 0 Å². The highest BCUT2D eigenvalue weighted by molar-refractivity contribution is 6.05. The second-order valence-electron chi connectivity index (χ2n) is 1.77. The van der Waals surface area contributed by atoms with E-state index in [1.807, 2.05) is 0 Å². The monoisotopic (exact) mass is 114 g/mol. The zero-order valence-corrected chi connectivity index (χ0v) is 5.06. The zero-order chi connectivity index (χ0) is 6.73. The number of carbonyl (C=O) groups is 1. The number of ketones is 1. The van der Waals surface area contributed by atoms with E-state index >= 15 is 0 Å². The number of hydrogen-bond acceptors (Lipinski definition) is 3. The van der Waals surface area contributed by atoms with Crippen molar-refractivity contribution in [1.82, 2.24) is 0 Å². The molecule has 3 nitrogen and oxygen atoms in total. The lowest BCUT2D eigenvalue weighted by molar-refractivity contribution is -0.116. The summed E-state index contributed by atoms with van der Waals surface area (Å²) in [6.07, 6.45) is 0. The van der Waals surface area contributed by atoms with Gasteiger partial charge in [-0.2, -0.15) is 0 Å². The molecule has 0 spiro atoms. The summed E-state index contributed by atoms with van der Waals surface area (Å²) in [6, 6.07) is -0.685. The topological polar surface area (TPSA) is 66.9 Å². The van der Waals surface area contributed by atoms with Crippen LogP contribution in [0.1, 0.15) is 13.8 Å². The fourth-order valence-corrected chi connectivity index (χ4v) is 0.305. The van der Waals surface area contributed by atoms with Crippen LogP contribution in [0.15, 0.2) is 0 Å². The van der Waals surface area contributed by atoms with Gasteiger partial charge < -0.3 is 11.1 Å². The van der Waals surface area contributed by atoms with Crippen LogP contribution in [-0.2, 0) is 4.79 Å². The van der Waals surface area contributed by atoms with Crippen molar-refractivity contribution in [1.29, 1.82) is 5.41 Å². The van der Waals surface area contributed by atoms with Crippen LogP contribution in [-0.4, -0.2) is 17.5 Å². The van der Waals surface area contributed by atoms with Crippen molar-refractivity contribution in [2.24, 2.45) is 5.73 Å². The third-order valence-electron chi connectivity index (χ3n) is 0.904. The van der Waals surface area contributed by atoms with Gasteiger partial charge in [0.05, 0.1) is 0 Å². The van der Waals surface area contributed by atoms with E-state index in [1.165, 1.54) is 13.8 Å². The van der Waals surface area contributed by atoms with Crippen molar-refractivity contribution < 1.29 is 4.79 Å². The summed E-state index contributed by atoms with van der Waals surface area (Å²) in [5.41, 5.74) is 5.41. The molecule has 0 aromatic carbocycles. The molecule has 0 aliphatic heterocycles.